The molecule has 0 radical (unpaired) electrons. The maximum atomic E-state index is 12.7. The Morgan fingerprint density at radius 1 is 1.19 bits per heavy atom. The summed E-state index contributed by atoms with van der Waals surface area (Å²) in [5.41, 5.74) is -0.627. The van der Waals surface area contributed by atoms with Crippen molar-refractivity contribution in [3.05, 3.63) is 42.5 Å². The monoisotopic (exact) mass is 368 g/mol. The van der Waals surface area contributed by atoms with Gasteiger partial charge in [-0.05, 0) is 11.5 Å². The van der Waals surface area contributed by atoms with Crippen molar-refractivity contribution in [1.29, 1.82) is 0 Å². The van der Waals surface area contributed by atoms with Crippen LogP contribution in [0.2, 0.25) is 0 Å². The normalized spacial score (nSPS) is 25.1. The number of aliphatic carboxylic acids is 1. The molecule has 2 heterocycles. The molecule has 2 aromatic carbocycles. The van der Waals surface area contributed by atoms with Gasteiger partial charge in [0.2, 0.25) is 11.8 Å². The Morgan fingerprint density at radius 2 is 1.96 bits per heavy atom. The van der Waals surface area contributed by atoms with E-state index in [9.17, 15) is 19.5 Å². The number of nitrogens with one attached hydrogen (secondary N) is 1. The standard InChI is InChI=1S/C20H20N2O5/c23-17-10-14(18(24)21-20(19(25)26)8-9-27-12-20)11-22(17)16-7-3-5-13-4-1-2-6-15(13)16/h1-7,14H,8-12H2,(H,21,24)(H,25,26). The molecule has 0 aliphatic carbocycles. The van der Waals surface area contributed by atoms with Crippen LogP contribution in [-0.4, -0.2) is 48.2 Å². The van der Waals surface area contributed by atoms with Crippen molar-refractivity contribution < 1.29 is 24.2 Å². The number of hydrogen-bond acceptors (Lipinski definition) is 4. The predicted molar refractivity (Wildman–Crippen MR) is 98.4 cm³/mol. The molecule has 2 saturated heterocycles. The minimum absolute atomic E-state index is 0.0538. The van der Waals surface area contributed by atoms with Gasteiger partial charge in [0.25, 0.3) is 0 Å². The number of carbonyl (C=O) groups is 3. The summed E-state index contributed by atoms with van der Waals surface area (Å²) < 4.78 is 5.17. The number of fused-ring (bicyclic) bond motifs is 1. The van der Waals surface area contributed by atoms with Crippen molar-refractivity contribution in [3.8, 4) is 0 Å². The molecule has 2 aliphatic heterocycles. The summed E-state index contributed by atoms with van der Waals surface area (Å²) in [5, 5.41) is 14.1. The molecule has 2 aliphatic rings. The first kappa shape index (κ1) is 17.5. The Kier molecular flexibility index (Phi) is 4.31. The molecule has 2 aromatic rings. The SMILES string of the molecule is O=C(NC1(C(=O)O)CCOC1)C1CC(=O)N(c2cccc3ccccc23)C1. The fraction of sp³-hybridized carbons (Fsp3) is 0.350. The average Bonchev–Trinajstić information content (AvgIpc) is 3.29. The van der Waals surface area contributed by atoms with Gasteiger partial charge in [0.05, 0.1) is 18.2 Å². The van der Waals surface area contributed by atoms with Gasteiger partial charge >= 0.3 is 5.97 Å². The van der Waals surface area contributed by atoms with E-state index in [2.05, 4.69) is 5.32 Å². The molecule has 0 aromatic heterocycles. The first-order valence-corrected chi connectivity index (χ1v) is 8.91. The van der Waals surface area contributed by atoms with Crippen molar-refractivity contribution in [2.24, 2.45) is 5.92 Å². The Morgan fingerprint density at radius 3 is 2.70 bits per heavy atom. The zero-order chi connectivity index (χ0) is 19.0. The molecule has 140 valence electrons. The van der Waals surface area contributed by atoms with E-state index in [0.29, 0.717) is 0 Å². The van der Waals surface area contributed by atoms with Crippen LogP contribution in [-0.2, 0) is 19.1 Å². The minimum atomic E-state index is -1.40. The van der Waals surface area contributed by atoms with Crippen molar-refractivity contribution in [2.45, 2.75) is 18.4 Å². The highest BCUT2D eigenvalue weighted by Crippen LogP contribution is 2.32. The third kappa shape index (κ3) is 3.04. The fourth-order valence-electron chi connectivity index (χ4n) is 3.78. The van der Waals surface area contributed by atoms with E-state index in [-0.39, 0.29) is 38.5 Å². The fourth-order valence-corrected chi connectivity index (χ4v) is 3.78. The second kappa shape index (κ2) is 6.66. The second-order valence-electron chi connectivity index (χ2n) is 7.08. The lowest BCUT2D eigenvalue weighted by atomic mass is 9.97. The van der Waals surface area contributed by atoms with Crippen LogP contribution in [0.5, 0.6) is 0 Å². The third-order valence-electron chi connectivity index (χ3n) is 5.35. The number of ether oxygens (including phenoxy) is 1. The van der Waals surface area contributed by atoms with E-state index in [1.807, 2.05) is 42.5 Å². The third-order valence-corrected chi connectivity index (χ3v) is 5.35. The van der Waals surface area contributed by atoms with Gasteiger partial charge in [0.1, 0.15) is 0 Å². The first-order valence-electron chi connectivity index (χ1n) is 8.91. The van der Waals surface area contributed by atoms with Crippen LogP contribution in [0, 0.1) is 5.92 Å². The number of rotatable bonds is 4. The molecular formula is C20H20N2O5. The molecule has 7 heteroatoms. The van der Waals surface area contributed by atoms with Crippen LogP contribution in [0.25, 0.3) is 10.8 Å². The van der Waals surface area contributed by atoms with Crippen LogP contribution in [0.4, 0.5) is 5.69 Å². The van der Waals surface area contributed by atoms with E-state index in [1.54, 1.807) is 4.90 Å². The zero-order valence-electron chi connectivity index (χ0n) is 14.7. The topological polar surface area (TPSA) is 95.9 Å². The van der Waals surface area contributed by atoms with Crippen LogP contribution < -0.4 is 10.2 Å². The van der Waals surface area contributed by atoms with Crippen molar-refractivity contribution >= 4 is 34.2 Å². The molecule has 2 fully saturated rings. The number of amides is 2. The Bertz CT molecular complexity index is 914. The Labute approximate surface area is 155 Å². The van der Waals surface area contributed by atoms with Crippen molar-refractivity contribution in [1.82, 2.24) is 5.32 Å². The summed E-state index contributed by atoms with van der Waals surface area (Å²) >= 11 is 0. The first-order chi connectivity index (χ1) is 13.0. The van der Waals surface area contributed by atoms with Crippen LogP contribution in [0.15, 0.2) is 42.5 Å². The molecule has 0 saturated carbocycles. The molecule has 7 nitrogen and oxygen atoms in total. The summed E-state index contributed by atoms with van der Waals surface area (Å²) in [5.74, 6) is -2.26. The van der Waals surface area contributed by atoms with E-state index in [1.165, 1.54) is 0 Å². The number of nitrogens with zero attached hydrogens (tertiary/aromatic N) is 1. The van der Waals surface area contributed by atoms with Gasteiger partial charge < -0.3 is 20.1 Å². The van der Waals surface area contributed by atoms with Gasteiger partial charge in [-0.2, -0.15) is 0 Å². The van der Waals surface area contributed by atoms with Gasteiger partial charge in [0, 0.05) is 31.4 Å². The highest BCUT2D eigenvalue weighted by Gasteiger charge is 2.46. The molecule has 2 N–H and O–H groups in total. The van der Waals surface area contributed by atoms with Gasteiger partial charge in [-0.3, -0.25) is 9.59 Å². The van der Waals surface area contributed by atoms with Crippen LogP contribution >= 0.6 is 0 Å². The number of anilines is 1. The van der Waals surface area contributed by atoms with Crippen molar-refractivity contribution in [3.63, 3.8) is 0 Å². The minimum Gasteiger partial charge on any atom is -0.479 e. The smallest absolute Gasteiger partial charge is 0.331 e. The molecule has 2 unspecified atom stereocenters. The van der Waals surface area contributed by atoms with Crippen LogP contribution in [0.3, 0.4) is 0 Å². The van der Waals surface area contributed by atoms with E-state index >= 15 is 0 Å². The van der Waals surface area contributed by atoms with Crippen LogP contribution in [0.1, 0.15) is 12.8 Å². The average molecular weight is 368 g/mol. The molecule has 2 amide bonds. The molecule has 0 bridgehead atoms. The summed E-state index contributed by atoms with van der Waals surface area (Å²) in [6.45, 7) is 0.468. The molecule has 0 spiro atoms. The summed E-state index contributed by atoms with van der Waals surface area (Å²) in [7, 11) is 0. The van der Waals surface area contributed by atoms with Gasteiger partial charge in [-0.1, -0.05) is 36.4 Å². The van der Waals surface area contributed by atoms with Crippen molar-refractivity contribution in [2.75, 3.05) is 24.7 Å². The highest BCUT2D eigenvalue weighted by molar-refractivity contribution is 6.07. The van der Waals surface area contributed by atoms with E-state index < -0.39 is 23.3 Å². The Hall–Kier alpha value is -2.93. The summed E-state index contributed by atoms with van der Waals surface area (Å²) in [4.78, 5) is 38.5. The number of hydrogen-bond donors (Lipinski definition) is 2. The molecule has 4 rings (SSSR count). The summed E-state index contributed by atoms with van der Waals surface area (Å²) in [6.07, 6.45) is 0.285. The maximum absolute atomic E-state index is 12.7. The lowest BCUT2D eigenvalue weighted by Gasteiger charge is -2.25. The molecular weight excluding hydrogens is 348 g/mol. The number of carboxylic acid groups (broad SMARTS) is 1. The lowest BCUT2D eigenvalue weighted by Crippen LogP contribution is -2.56. The molecule has 2 atom stereocenters. The quantitative estimate of drug-likeness (QED) is 0.854. The van der Waals surface area contributed by atoms with Gasteiger partial charge in [0.15, 0.2) is 5.54 Å². The lowest BCUT2D eigenvalue weighted by molar-refractivity contribution is -0.148. The van der Waals surface area contributed by atoms with Gasteiger partial charge in [-0.15, -0.1) is 0 Å². The highest BCUT2D eigenvalue weighted by atomic mass is 16.5. The second-order valence-corrected chi connectivity index (χ2v) is 7.08. The predicted octanol–water partition coefficient (Wildman–Crippen LogP) is 1.55. The number of benzene rings is 2. The molecule has 27 heavy (non-hydrogen) atoms. The van der Waals surface area contributed by atoms with Gasteiger partial charge in [-0.25, -0.2) is 4.79 Å². The Balaban J connectivity index is 1.55. The number of carbonyl (C=O) groups excluding carboxylic acids is 2. The maximum Gasteiger partial charge on any atom is 0.331 e. The number of carboxylic acids is 1. The van der Waals surface area contributed by atoms with E-state index in [0.717, 1.165) is 16.5 Å². The largest absolute Gasteiger partial charge is 0.479 e. The van der Waals surface area contributed by atoms with E-state index in [4.69, 9.17) is 4.74 Å². The summed E-state index contributed by atoms with van der Waals surface area (Å²) in [6, 6.07) is 13.5. The zero-order valence-corrected chi connectivity index (χ0v) is 14.7.